The number of hydrogen-bond acceptors (Lipinski definition) is 3. The monoisotopic (exact) mass is 285 g/mol. The van der Waals surface area contributed by atoms with Crippen LogP contribution in [-0.2, 0) is 9.53 Å². The van der Waals surface area contributed by atoms with Gasteiger partial charge in [0, 0.05) is 18.1 Å². The Bertz CT molecular complexity index is 498. The lowest BCUT2D eigenvalue weighted by molar-refractivity contribution is -0.108. The molecule has 0 unspecified atom stereocenters. The number of carbonyl (C=O) groups is 2. The molecule has 6 heteroatoms. The summed E-state index contributed by atoms with van der Waals surface area (Å²) in [5.41, 5.74) is -0.679. The van der Waals surface area contributed by atoms with Crippen molar-refractivity contribution < 1.29 is 23.1 Å². The van der Waals surface area contributed by atoms with E-state index in [1.807, 2.05) is 0 Å². The fourth-order valence-electron chi connectivity index (χ4n) is 1.59. The van der Waals surface area contributed by atoms with E-state index in [0.717, 1.165) is 6.07 Å². The maximum Gasteiger partial charge on any atom is 0.408 e. The number of hydrogen-bond donors (Lipinski definition) is 1. The lowest BCUT2D eigenvalue weighted by atomic mass is 10.0. The van der Waals surface area contributed by atoms with Crippen molar-refractivity contribution in [2.45, 2.75) is 38.8 Å². The molecular formula is C14H17F2NO3. The highest BCUT2D eigenvalue weighted by Crippen LogP contribution is 2.21. The minimum atomic E-state index is -0.900. The van der Waals surface area contributed by atoms with Gasteiger partial charge in [0.25, 0.3) is 0 Å². The molecule has 0 spiro atoms. The number of carbonyl (C=O) groups excluding carboxylic acids is 2. The highest BCUT2D eigenvalue weighted by molar-refractivity contribution is 5.69. The highest BCUT2D eigenvalue weighted by atomic mass is 19.1. The topological polar surface area (TPSA) is 55.4 Å². The van der Waals surface area contributed by atoms with Crippen molar-refractivity contribution >= 4 is 12.4 Å². The first-order valence-electron chi connectivity index (χ1n) is 6.11. The van der Waals surface area contributed by atoms with E-state index in [9.17, 15) is 18.4 Å². The number of benzene rings is 1. The Labute approximate surface area is 116 Å². The van der Waals surface area contributed by atoms with Crippen molar-refractivity contribution in [3.05, 3.63) is 35.4 Å². The van der Waals surface area contributed by atoms with Crippen LogP contribution in [0.3, 0.4) is 0 Å². The summed E-state index contributed by atoms with van der Waals surface area (Å²) in [4.78, 5) is 22.3. The summed E-state index contributed by atoms with van der Waals surface area (Å²) in [5.74, 6) is -1.55. The van der Waals surface area contributed by atoms with Gasteiger partial charge in [-0.3, -0.25) is 0 Å². The van der Waals surface area contributed by atoms with Gasteiger partial charge in [-0.1, -0.05) is 6.07 Å². The number of rotatable bonds is 4. The number of amides is 1. The molecule has 0 radical (unpaired) electrons. The Morgan fingerprint density at radius 3 is 2.55 bits per heavy atom. The van der Waals surface area contributed by atoms with Crippen LogP contribution < -0.4 is 5.32 Å². The Hall–Kier alpha value is -1.98. The minimum Gasteiger partial charge on any atom is -0.444 e. The molecule has 1 atom stereocenters. The normalized spacial score (nSPS) is 12.7. The molecule has 0 saturated carbocycles. The van der Waals surface area contributed by atoms with Gasteiger partial charge >= 0.3 is 6.09 Å². The second-order valence-electron chi connectivity index (χ2n) is 5.27. The molecule has 0 fully saturated rings. The number of ether oxygens (including phenoxy) is 1. The van der Waals surface area contributed by atoms with Gasteiger partial charge in [0.2, 0.25) is 0 Å². The van der Waals surface area contributed by atoms with Crippen molar-refractivity contribution in [1.82, 2.24) is 5.32 Å². The molecule has 1 aromatic carbocycles. The van der Waals surface area contributed by atoms with Crippen LogP contribution >= 0.6 is 0 Å². The van der Waals surface area contributed by atoms with Crippen LogP contribution in [0.1, 0.15) is 38.8 Å². The molecule has 1 aromatic rings. The summed E-state index contributed by atoms with van der Waals surface area (Å²) in [6, 6.07) is 2.05. The molecule has 0 aliphatic heterocycles. The van der Waals surface area contributed by atoms with Crippen LogP contribution in [-0.4, -0.2) is 18.0 Å². The van der Waals surface area contributed by atoms with Crippen molar-refractivity contribution in [3.8, 4) is 0 Å². The summed E-state index contributed by atoms with van der Waals surface area (Å²) in [5, 5.41) is 2.40. The maximum atomic E-state index is 13.7. The van der Waals surface area contributed by atoms with E-state index >= 15 is 0 Å². The van der Waals surface area contributed by atoms with Crippen LogP contribution in [0, 0.1) is 11.6 Å². The van der Waals surface area contributed by atoms with Gasteiger partial charge in [-0.15, -0.1) is 0 Å². The number of alkyl carbamates (subject to hydrolysis) is 1. The van der Waals surface area contributed by atoms with E-state index in [-0.39, 0.29) is 12.0 Å². The van der Waals surface area contributed by atoms with E-state index in [1.54, 1.807) is 20.8 Å². The molecular weight excluding hydrogens is 268 g/mol. The van der Waals surface area contributed by atoms with Gasteiger partial charge in [-0.25, -0.2) is 13.6 Å². The molecule has 0 heterocycles. The summed E-state index contributed by atoms with van der Waals surface area (Å²) < 4.78 is 31.6. The molecule has 0 aliphatic rings. The van der Waals surface area contributed by atoms with E-state index in [0.29, 0.717) is 12.4 Å². The molecule has 0 aromatic heterocycles. The standard InChI is InChI=1S/C14H17F2NO3/c1-14(2,3)20-13(19)17-12(6-7-18)10-5-4-9(15)8-11(10)16/h4-5,7-8,12H,6H2,1-3H3,(H,17,19)/t12-/m0/s1. The predicted octanol–water partition coefficient (Wildman–Crippen LogP) is 3.12. The first-order valence-corrected chi connectivity index (χ1v) is 6.11. The molecule has 0 saturated heterocycles. The second kappa shape index (κ2) is 6.45. The van der Waals surface area contributed by atoms with Crippen LogP contribution in [0.25, 0.3) is 0 Å². The molecule has 0 bridgehead atoms. The Kier molecular flexibility index (Phi) is 5.19. The molecule has 110 valence electrons. The van der Waals surface area contributed by atoms with Crippen molar-refractivity contribution in [3.63, 3.8) is 0 Å². The third-order valence-corrected chi connectivity index (χ3v) is 2.36. The molecule has 4 nitrogen and oxygen atoms in total. The number of aldehydes is 1. The smallest absolute Gasteiger partial charge is 0.408 e. The SMILES string of the molecule is CC(C)(C)OC(=O)N[C@@H](CC=O)c1ccc(F)cc1F. The number of nitrogens with one attached hydrogen (secondary N) is 1. The summed E-state index contributed by atoms with van der Waals surface area (Å²) in [7, 11) is 0. The Balaban J connectivity index is 2.89. The van der Waals surface area contributed by atoms with Gasteiger partial charge < -0.3 is 14.8 Å². The van der Waals surface area contributed by atoms with Gasteiger partial charge in [0.1, 0.15) is 23.5 Å². The first kappa shape index (κ1) is 16.1. The van der Waals surface area contributed by atoms with Gasteiger partial charge in [0.05, 0.1) is 6.04 Å². The molecule has 1 N–H and O–H groups in total. The second-order valence-corrected chi connectivity index (χ2v) is 5.27. The summed E-state index contributed by atoms with van der Waals surface area (Å²) >= 11 is 0. The van der Waals surface area contributed by atoms with Gasteiger partial charge in [-0.05, 0) is 26.8 Å². The number of halogens is 2. The third kappa shape index (κ3) is 4.95. The summed E-state index contributed by atoms with van der Waals surface area (Å²) in [6.07, 6.45) is -0.361. The van der Waals surface area contributed by atoms with Crippen LogP contribution in [0.5, 0.6) is 0 Å². The van der Waals surface area contributed by atoms with Gasteiger partial charge in [0.15, 0.2) is 0 Å². The molecule has 1 amide bonds. The van der Waals surface area contributed by atoms with E-state index < -0.39 is 29.4 Å². The van der Waals surface area contributed by atoms with E-state index in [1.165, 1.54) is 6.07 Å². The molecule has 1 rings (SSSR count). The van der Waals surface area contributed by atoms with Crippen molar-refractivity contribution in [2.24, 2.45) is 0 Å². The quantitative estimate of drug-likeness (QED) is 0.865. The van der Waals surface area contributed by atoms with Crippen LogP contribution in [0.2, 0.25) is 0 Å². The van der Waals surface area contributed by atoms with E-state index in [2.05, 4.69) is 5.32 Å². The average Bonchev–Trinajstić information content (AvgIpc) is 2.25. The first-order chi connectivity index (χ1) is 9.23. The van der Waals surface area contributed by atoms with Crippen molar-refractivity contribution in [2.75, 3.05) is 0 Å². The zero-order chi connectivity index (χ0) is 15.3. The van der Waals surface area contributed by atoms with Crippen molar-refractivity contribution in [1.29, 1.82) is 0 Å². The lowest BCUT2D eigenvalue weighted by Crippen LogP contribution is -2.35. The Morgan fingerprint density at radius 1 is 1.40 bits per heavy atom. The fraction of sp³-hybridized carbons (Fsp3) is 0.429. The zero-order valence-electron chi connectivity index (χ0n) is 11.6. The fourth-order valence-corrected chi connectivity index (χ4v) is 1.59. The molecule has 20 heavy (non-hydrogen) atoms. The van der Waals surface area contributed by atoms with E-state index in [4.69, 9.17) is 4.74 Å². The average molecular weight is 285 g/mol. The largest absolute Gasteiger partial charge is 0.444 e. The van der Waals surface area contributed by atoms with Crippen LogP contribution in [0.15, 0.2) is 18.2 Å². The zero-order valence-corrected chi connectivity index (χ0v) is 11.6. The summed E-state index contributed by atoms with van der Waals surface area (Å²) in [6.45, 7) is 5.04. The van der Waals surface area contributed by atoms with Crippen LogP contribution in [0.4, 0.5) is 13.6 Å². The Morgan fingerprint density at radius 2 is 2.05 bits per heavy atom. The highest BCUT2D eigenvalue weighted by Gasteiger charge is 2.22. The third-order valence-electron chi connectivity index (χ3n) is 2.36. The maximum absolute atomic E-state index is 13.7. The van der Waals surface area contributed by atoms with Gasteiger partial charge in [-0.2, -0.15) is 0 Å². The predicted molar refractivity (Wildman–Crippen MR) is 69.1 cm³/mol. The lowest BCUT2D eigenvalue weighted by Gasteiger charge is -2.23. The minimum absolute atomic E-state index is 0.0318. The molecule has 0 aliphatic carbocycles.